The Balaban J connectivity index is 2.73. The highest BCUT2D eigenvalue weighted by Gasteiger charge is 2.23. The minimum absolute atomic E-state index is 0.307. The van der Waals surface area contributed by atoms with Gasteiger partial charge in [0.15, 0.2) is 0 Å². The fourth-order valence-electron chi connectivity index (χ4n) is 2.51. The third-order valence-corrected chi connectivity index (χ3v) is 4.05. The molecule has 0 aliphatic carbocycles. The van der Waals surface area contributed by atoms with Gasteiger partial charge in [-0.15, -0.1) is 0 Å². The monoisotopic (exact) mass is 251 g/mol. The van der Waals surface area contributed by atoms with Gasteiger partial charge in [-0.05, 0) is 44.2 Å². The molecule has 0 saturated carbocycles. The summed E-state index contributed by atoms with van der Waals surface area (Å²) in [7, 11) is 2.02. The van der Waals surface area contributed by atoms with E-state index >= 15 is 0 Å². The summed E-state index contributed by atoms with van der Waals surface area (Å²) in [4.78, 5) is 0. The number of aromatic nitrogens is 2. The standard InChI is InChI=1S/C15H29N3/c1-6-14(7-2)18-10-9-13(17-18)11-15(4,8-3)12-16-5/h9-10,14,16H,6-8,11-12H2,1-5H3. The first-order chi connectivity index (χ1) is 8.58. The molecule has 0 saturated heterocycles. The van der Waals surface area contributed by atoms with E-state index < -0.39 is 0 Å². The molecular weight excluding hydrogens is 222 g/mol. The minimum atomic E-state index is 0.307. The molecule has 18 heavy (non-hydrogen) atoms. The molecule has 0 bridgehead atoms. The van der Waals surface area contributed by atoms with Gasteiger partial charge >= 0.3 is 0 Å². The van der Waals surface area contributed by atoms with Gasteiger partial charge in [0.25, 0.3) is 0 Å². The Bertz CT molecular complexity index is 341. The molecule has 1 N–H and O–H groups in total. The van der Waals surface area contributed by atoms with E-state index in [4.69, 9.17) is 5.10 Å². The fraction of sp³-hybridized carbons (Fsp3) is 0.800. The Morgan fingerprint density at radius 3 is 2.50 bits per heavy atom. The smallest absolute Gasteiger partial charge is 0.0630 e. The first-order valence-electron chi connectivity index (χ1n) is 7.27. The van der Waals surface area contributed by atoms with Crippen molar-refractivity contribution in [2.75, 3.05) is 13.6 Å². The van der Waals surface area contributed by atoms with Gasteiger partial charge < -0.3 is 5.32 Å². The van der Waals surface area contributed by atoms with Crippen LogP contribution in [0.1, 0.15) is 58.7 Å². The zero-order valence-corrected chi connectivity index (χ0v) is 12.7. The van der Waals surface area contributed by atoms with Gasteiger partial charge in [0, 0.05) is 12.7 Å². The van der Waals surface area contributed by atoms with E-state index in [0.717, 1.165) is 25.8 Å². The molecule has 3 heteroatoms. The lowest BCUT2D eigenvalue weighted by Crippen LogP contribution is -2.31. The zero-order valence-electron chi connectivity index (χ0n) is 12.7. The summed E-state index contributed by atoms with van der Waals surface area (Å²) in [6.45, 7) is 10.1. The minimum Gasteiger partial charge on any atom is -0.319 e. The second-order valence-electron chi connectivity index (χ2n) is 5.63. The molecule has 1 rings (SSSR count). The Hall–Kier alpha value is -0.830. The third kappa shape index (κ3) is 3.84. The predicted octanol–water partition coefficient (Wildman–Crippen LogP) is 3.42. The van der Waals surface area contributed by atoms with Crippen LogP contribution in [0.5, 0.6) is 0 Å². The van der Waals surface area contributed by atoms with Gasteiger partial charge in [-0.2, -0.15) is 5.10 Å². The van der Waals surface area contributed by atoms with Crippen molar-refractivity contribution in [1.29, 1.82) is 0 Å². The van der Waals surface area contributed by atoms with Crippen LogP contribution >= 0.6 is 0 Å². The lowest BCUT2D eigenvalue weighted by molar-refractivity contribution is 0.293. The summed E-state index contributed by atoms with van der Waals surface area (Å²) in [6, 6.07) is 2.73. The summed E-state index contributed by atoms with van der Waals surface area (Å²) < 4.78 is 2.14. The highest BCUT2D eigenvalue weighted by Crippen LogP contribution is 2.25. The average Bonchev–Trinajstić information content (AvgIpc) is 2.79. The quantitative estimate of drug-likeness (QED) is 0.767. The van der Waals surface area contributed by atoms with Gasteiger partial charge in [-0.1, -0.05) is 27.7 Å². The van der Waals surface area contributed by atoms with Crippen LogP contribution in [0.3, 0.4) is 0 Å². The maximum absolute atomic E-state index is 4.76. The van der Waals surface area contributed by atoms with Gasteiger partial charge in [0.05, 0.1) is 11.7 Å². The summed E-state index contributed by atoms with van der Waals surface area (Å²) in [5.74, 6) is 0. The van der Waals surface area contributed by atoms with Crippen molar-refractivity contribution in [2.24, 2.45) is 5.41 Å². The van der Waals surface area contributed by atoms with Crippen molar-refractivity contribution in [3.63, 3.8) is 0 Å². The summed E-state index contributed by atoms with van der Waals surface area (Å²) >= 11 is 0. The molecule has 1 unspecified atom stereocenters. The van der Waals surface area contributed by atoms with E-state index in [1.54, 1.807) is 0 Å². The normalized spacial score (nSPS) is 15.0. The fourth-order valence-corrected chi connectivity index (χ4v) is 2.51. The average molecular weight is 251 g/mol. The maximum Gasteiger partial charge on any atom is 0.0630 e. The second-order valence-corrected chi connectivity index (χ2v) is 5.63. The highest BCUT2D eigenvalue weighted by molar-refractivity contribution is 5.03. The van der Waals surface area contributed by atoms with Gasteiger partial charge in [0.1, 0.15) is 0 Å². The van der Waals surface area contributed by atoms with E-state index in [2.05, 4.69) is 50.0 Å². The summed E-state index contributed by atoms with van der Waals surface area (Å²) in [6.07, 6.45) is 6.67. The highest BCUT2D eigenvalue weighted by atomic mass is 15.3. The lowest BCUT2D eigenvalue weighted by Gasteiger charge is -2.27. The molecule has 1 aromatic rings. The Morgan fingerprint density at radius 2 is 2.00 bits per heavy atom. The van der Waals surface area contributed by atoms with Crippen molar-refractivity contribution in [2.45, 2.75) is 59.4 Å². The van der Waals surface area contributed by atoms with Crippen LogP contribution in [0.2, 0.25) is 0 Å². The molecule has 1 heterocycles. The Kier molecular flexibility index (Phi) is 5.86. The van der Waals surface area contributed by atoms with E-state index in [1.807, 2.05) is 7.05 Å². The topological polar surface area (TPSA) is 29.9 Å². The molecule has 0 amide bonds. The first kappa shape index (κ1) is 15.2. The maximum atomic E-state index is 4.76. The predicted molar refractivity (Wildman–Crippen MR) is 77.9 cm³/mol. The van der Waals surface area contributed by atoms with Crippen molar-refractivity contribution < 1.29 is 0 Å². The van der Waals surface area contributed by atoms with Crippen LogP contribution in [0.25, 0.3) is 0 Å². The number of hydrogen-bond donors (Lipinski definition) is 1. The van der Waals surface area contributed by atoms with Crippen LogP contribution in [0.4, 0.5) is 0 Å². The van der Waals surface area contributed by atoms with E-state index in [9.17, 15) is 0 Å². The molecule has 0 aliphatic heterocycles. The number of hydrogen-bond acceptors (Lipinski definition) is 2. The number of nitrogens with one attached hydrogen (secondary N) is 1. The number of nitrogens with zero attached hydrogens (tertiary/aromatic N) is 2. The van der Waals surface area contributed by atoms with Gasteiger partial charge in [-0.25, -0.2) is 0 Å². The van der Waals surface area contributed by atoms with Gasteiger partial charge in [0.2, 0.25) is 0 Å². The largest absolute Gasteiger partial charge is 0.319 e. The summed E-state index contributed by atoms with van der Waals surface area (Å²) in [5.41, 5.74) is 1.53. The zero-order chi connectivity index (χ0) is 13.6. The van der Waals surface area contributed by atoms with Crippen LogP contribution in [-0.4, -0.2) is 23.4 Å². The Morgan fingerprint density at radius 1 is 1.33 bits per heavy atom. The molecule has 0 aromatic carbocycles. The van der Waals surface area contributed by atoms with E-state index in [-0.39, 0.29) is 0 Å². The molecule has 3 nitrogen and oxygen atoms in total. The first-order valence-corrected chi connectivity index (χ1v) is 7.27. The summed E-state index contributed by atoms with van der Waals surface area (Å²) in [5, 5.41) is 8.05. The molecule has 104 valence electrons. The lowest BCUT2D eigenvalue weighted by atomic mass is 9.83. The van der Waals surface area contributed by atoms with E-state index in [0.29, 0.717) is 11.5 Å². The van der Waals surface area contributed by atoms with Crippen LogP contribution < -0.4 is 5.32 Å². The SMILES string of the molecule is CCC(CC)n1ccc(CC(C)(CC)CNC)n1. The third-order valence-electron chi connectivity index (χ3n) is 4.05. The van der Waals surface area contributed by atoms with Gasteiger partial charge in [-0.3, -0.25) is 4.68 Å². The molecule has 0 radical (unpaired) electrons. The molecule has 0 spiro atoms. The molecule has 1 atom stereocenters. The van der Waals surface area contributed by atoms with Crippen molar-refractivity contribution >= 4 is 0 Å². The van der Waals surface area contributed by atoms with Crippen LogP contribution in [0, 0.1) is 5.41 Å². The molecular formula is C15H29N3. The number of rotatable bonds is 8. The molecule has 0 aliphatic rings. The van der Waals surface area contributed by atoms with Crippen LogP contribution in [0.15, 0.2) is 12.3 Å². The molecule has 1 aromatic heterocycles. The van der Waals surface area contributed by atoms with Crippen molar-refractivity contribution in [3.8, 4) is 0 Å². The van der Waals surface area contributed by atoms with Crippen LogP contribution in [-0.2, 0) is 6.42 Å². The Labute approximate surface area is 112 Å². The van der Waals surface area contributed by atoms with E-state index in [1.165, 1.54) is 12.1 Å². The molecule has 0 fully saturated rings. The van der Waals surface area contributed by atoms with Crippen molar-refractivity contribution in [1.82, 2.24) is 15.1 Å². The second kappa shape index (κ2) is 6.93. The van der Waals surface area contributed by atoms with Crippen molar-refractivity contribution in [3.05, 3.63) is 18.0 Å².